The van der Waals surface area contributed by atoms with E-state index in [1.54, 1.807) is 24.3 Å². The number of halogens is 2. The molecule has 4 nitrogen and oxygen atoms in total. The van der Waals surface area contributed by atoms with E-state index in [4.69, 9.17) is 23.2 Å². The van der Waals surface area contributed by atoms with Crippen LogP contribution in [0.5, 0.6) is 0 Å². The molecule has 0 aliphatic carbocycles. The van der Waals surface area contributed by atoms with Crippen LogP contribution in [0.1, 0.15) is 27.9 Å². The molecule has 0 fully saturated rings. The van der Waals surface area contributed by atoms with Crippen LogP contribution in [0.25, 0.3) is 0 Å². The Morgan fingerprint density at radius 3 is 2.52 bits per heavy atom. The fourth-order valence-electron chi connectivity index (χ4n) is 2.62. The zero-order valence-corrected chi connectivity index (χ0v) is 13.7. The van der Waals surface area contributed by atoms with Crippen molar-refractivity contribution in [1.29, 1.82) is 0 Å². The lowest BCUT2D eigenvalue weighted by molar-refractivity contribution is -0.133. The summed E-state index contributed by atoms with van der Waals surface area (Å²) in [6.45, 7) is 1.91. The van der Waals surface area contributed by atoms with Crippen LogP contribution in [0, 0.1) is 6.92 Å². The fraction of sp³-hybridized carbons (Fsp3) is 0.176. The van der Waals surface area contributed by atoms with Gasteiger partial charge in [-0.05, 0) is 19.1 Å². The Morgan fingerprint density at radius 2 is 1.87 bits per heavy atom. The molecule has 0 saturated heterocycles. The van der Waals surface area contributed by atoms with Crippen LogP contribution in [-0.2, 0) is 10.4 Å². The highest BCUT2D eigenvalue weighted by molar-refractivity contribution is 6.37. The average molecular weight is 350 g/mol. The first-order valence-electron chi connectivity index (χ1n) is 6.94. The van der Waals surface area contributed by atoms with Crippen LogP contribution in [-0.4, -0.2) is 16.8 Å². The molecule has 6 heteroatoms. The van der Waals surface area contributed by atoms with Gasteiger partial charge in [0.05, 0.1) is 17.1 Å². The van der Waals surface area contributed by atoms with Crippen molar-refractivity contribution in [1.82, 2.24) is 0 Å². The minimum absolute atomic E-state index is 0.222. The number of carbonyl (C=O) groups is 2. The third-order valence-corrected chi connectivity index (χ3v) is 4.42. The van der Waals surface area contributed by atoms with E-state index < -0.39 is 11.5 Å². The molecule has 0 unspecified atom stereocenters. The van der Waals surface area contributed by atoms with Gasteiger partial charge in [-0.1, -0.05) is 53.0 Å². The second-order valence-corrected chi connectivity index (χ2v) is 6.43. The Morgan fingerprint density at radius 1 is 1.22 bits per heavy atom. The first-order valence-corrected chi connectivity index (χ1v) is 7.70. The highest BCUT2D eigenvalue weighted by atomic mass is 35.5. The molecule has 1 aliphatic heterocycles. The number of rotatable bonds is 3. The highest BCUT2D eigenvalue weighted by Gasteiger charge is 2.47. The van der Waals surface area contributed by atoms with Gasteiger partial charge in [-0.3, -0.25) is 9.59 Å². The number of amides is 1. The lowest BCUT2D eigenvalue weighted by atomic mass is 9.88. The zero-order chi connectivity index (χ0) is 16.8. The number of benzene rings is 2. The van der Waals surface area contributed by atoms with Gasteiger partial charge >= 0.3 is 0 Å². The third-order valence-electron chi connectivity index (χ3n) is 3.90. The van der Waals surface area contributed by atoms with Crippen LogP contribution in [0.2, 0.25) is 10.0 Å². The third kappa shape index (κ3) is 2.74. The Kier molecular flexibility index (Phi) is 3.92. The summed E-state index contributed by atoms with van der Waals surface area (Å²) in [5.74, 6) is -1.02. The smallest absolute Gasteiger partial charge is 0.261 e. The number of anilines is 1. The summed E-state index contributed by atoms with van der Waals surface area (Å²) in [6, 6.07) is 9.85. The van der Waals surface area contributed by atoms with Crippen LogP contribution >= 0.6 is 23.2 Å². The van der Waals surface area contributed by atoms with Crippen molar-refractivity contribution in [3.8, 4) is 0 Å². The number of aliphatic hydroxyl groups is 1. The normalized spacial score (nSPS) is 19.4. The van der Waals surface area contributed by atoms with E-state index in [0.29, 0.717) is 11.3 Å². The molecule has 0 saturated carbocycles. The van der Waals surface area contributed by atoms with E-state index in [9.17, 15) is 14.7 Å². The standard InChI is InChI=1S/C17H13Cl2NO3/c1-9-2-4-10(5-3-9)14(21)8-17(23)12-6-11(18)7-13(19)15(12)20-16(17)22/h2-7,23H,8H2,1H3,(H,20,22)/t17-/m1/s1. The predicted octanol–water partition coefficient (Wildman–Crippen LogP) is 3.71. The van der Waals surface area contributed by atoms with Crippen molar-refractivity contribution in [2.24, 2.45) is 0 Å². The van der Waals surface area contributed by atoms with Gasteiger partial charge in [-0.25, -0.2) is 0 Å². The number of Topliss-reactive ketones (excluding diaryl/α,β-unsaturated/α-hetero) is 1. The Balaban J connectivity index is 1.98. The van der Waals surface area contributed by atoms with Crippen LogP contribution in [0.15, 0.2) is 36.4 Å². The minimum Gasteiger partial charge on any atom is -0.375 e. The molecule has 0 spiro atoms. The molecular weight excluding hydrogens is 337 g/mol. The molecule has 1 atom stereocenters. The molecule has 23 heavy (non-hydrogen) atoms. The van der Waals surface area contributed by atoms with Crippen LogP contribution < -0.4 is 5.32 Å². The molecule has 2 aromatic rings. The first-order chi connectivity index (χ1) is 10.8. The van der Waals surface area contributed by atoms with Gasteiger partial charge in [0.1, 0.15) is 0 Å². The molecule has 1 aliphatic rings. The molecular formula is C17H13Cl2NO3. The van der Waals surface area contributed by atoms with Gasteiger partial charge < -0.3 is 10.4 Å². The van der Waals surface area contributed by atoms with Gasteiger partial charge in [0.15, 0.2) is 11.4 Å². The average Bonchev–Trinajstić information content (AvgIpc) is 2.73. The molecule has 2 aromatic carbocycles. The molecule has 3 rings (SSSR count). The summed E-state index contributed by atoms with van der Waals surface area (Å²) in [4.78, 5) is 24.7. The molecule has 0 radical (unpaired) electrons. The Labute approximate surface area is 143 Å². The van der Waals surface area contributed by atoms with E-state index >= 15 is 0 Å². The van der Waals surface area contributed by atoms with Crippen LogP contribution in [0.3, 0.4) is 0 Å². The van der Waals surface area contributed by atoms with Gasteiger partial charge in [0, 0.05) is 16.1 Å². The topological polar surface area (TPSA) is 66.4 Å². The van der Waals surface area contributed by atoms with Crippen molar-refractivity contribution >= 4 is 40.6 Å². The van der Waals surface area contributed by atoms with E-state index in [-0.39, 0.29) is 27.8 Å². The summed E-state index contributed by atoms with van der Waals surface area (Å²) in [5.41, 5.74) is -0.0202. The predicted molar refractivity (Wildman–Crippen MR) is 89.1 cm³/mol. The van der Waals surface area contributed by atoms with Crippen molar-refractivity contribution in [3.05, 3.63) is 63.1 Å². The maximum Gasteiger partial charge on any atom is 0.261 e. The largest absolute Gasteiger partial charge is 0.375 e. The summed E-state index contributed by atoms with van der Waals surface area (Å²) in [6.07, 6.45) is -0.383. The fourth-order valence-corrected chi connectivity index (χ4v) is 3.16. The SMILES string of the molecule is Cc1ccc(C(=O)C[C@]2(O)C(=O)Nc3c(Cl)cc(Cl)cc32)cc1. The van der Waals surface area contributed by atoms with Crippen molar-refractivity contribution in [3.63, 3.8) is 0 Å². The summed E-state index contributed by atoms with van der Waals surface area (Å²) >= 11 is 12.0. The minimum atomic E-state index is -1.98. The van der Waals surface area contributed by atoms with Crippen molar-refractivity contribution in [2.75, 3.05) is 5.32 Å². The summed E-state index contributed by atoms with van der Waals surface area (Å²) in [7, 11) is 0. The van der Waals surface area contributed by atoms with Gasteiger partial charge in [0.25, 0.3) is 5.91 Å². The molecule has 118 valence electrons. The quantitative estimate of drug-likeness (QED) is 0.830. The number of fused-ring (bicyclic) bond motifs is 1. The highest BCUT2D eigenvalue weighted by Crippen LogP contribution is 2.44. The molecule has 2 N–H and O–H groups in total. The van der Waals surface area contributed by atoms with Gasteiger partial charge in [-0.2, -0.15) is 0 Å². The van der Waals surface area contributed by atoms with Crippen LogP contribution in [0.4, 0.5) is 5.69 Å². The molecule has 0 aromatic heterocycles. The van der Waals surface area contributed by atoms with Gasteiger partial charge in [0.2, 0.25) is 0 Å². The van der Waals surface area contributed by atoms with E-state index in [0.717, 1.165) is 5.56 Å². The molecule has 0 bridgehead atoms. The monoisotopic (exact) mass is 349 g/mol. The second kappa shape index (κ2) is 5.64. The summed E-state index contributed by atoms with van der Waals surface area (Å²) < 4.78 is 0. The Hall–Kier alpha value is -1.88. The van der Waals surface area contributed by atoms with Gasteiger partial charge in [-0.15, -0.1) is 0 Å². The lowest BCUT2D eigenvalue weighted by Gasteiger charge is -2.20. The number of hydrogen-bond acceptors (Lipinski definition) is 3. The molecule has 1 heterocycles. The van der Waals surface area contributed by atoms with E-state index in [1.165, 1.54) is 12.1 Å². The number of nitrogens with one attached hydrogen (secondary N) is 1. The first kappa shape index (κ1) is 16.0. The van der Waals surface area contributed by atoms with Crippen molar-refractivity contribution in [2.45, 2.75) is 18.9 Å². The number of carbonyl (C=O) groups excluding carboxylic acids is 2. The zero-order valence-electron chi connectivity index (χ0n) is 12.2. The number of ketones is 1. The lowest BCUT2D eigenvalue weighted by Crippen LogP contribution is -2.36. The Bertz CT molecular complexity index is 817. The second-order valence-electron chi connectivity index (χ2n) is 5.59. The van der Waals surface area contributed by atoms with E-state index in [1.807, 2.05) is 6.92 Å². The maximum atomic E-state index is 12.4. The molecule has 1 amide bonds. The van der Waals surface area contributed by atoms with E-state index in [2.05, 4.69) is 5.32 Å². The number of aryl methyl sites for hydroxylation is 1. The summed E-state index contributed by atoms with van der Waals surface area (Å²) in [5, 5.41) is 13.8. The maximum absolute atomic E-state index is 12.4. The van der Waals surface area contributed by atoms with Crippen molar-refractivity contribution < 1.29 is 14.7 Å². The number of hydrogen-bond donors (Lipinski definition) is 2.